The van der Waals surface area contributed by atoms with Crippen molar-refractivity contribution in [1.82, 2.24) is 19.9 Å². The number of rotatable bonds is 2. The molecule has 0 atom stereocenters. The molecular formula is C12H15BrN4OS. The molecule has 0 saturated carbocycles. The summed E-state index contributed by atoms with van der Waals surface area (Å²) in [6, 6.07) is 1.89. The van der Waals surface area contributed by atoms with E-state index in [2.05, 4.69) is 31.2 Å². The minimum Gasteiger partial charge on any atom is -0.350 e. The maximum Gasteiger partial charge on any atom is 0.240 e. The van der Waals surface area contributed by atoms with E-state index in [0.717, 1.165) is 9.99 Å². The molecule has 0 aliphatic rings. The van der Waals surface area contributed by atoms with Crippen LogP contribution in [0.15, 0.2) is 16.7 Å². The van der Waals surface area contributed by atoms with Crippen molar-refractivity contribution in [3.8, 4) is 0 Å². The molecule has 0 aliphatic carbocycles. The van der Waals surface area contributed by atoms with Crippen LogP contribution in [0.3, 0.4) is 0 Å². The van der Waals surface area contributed by atoms with Crippen LogP contribution in [0.25, 0.3) is 11.2 Å². The number of pyridine rings is 1. The SMILES string of the molecule is CC(C)(C)NC(=O)Cn1c(=S)[nH]c2cc(Br)cnc21. The highest BCUT2D eigenvalue weighted by atomic mass is 79.9. The van der Waals surface area contributed by atoms with Gasteiger partial charge in [0, 0.05) is 16.2 Å². The minimum absolute atomic E-state index is 0.0887. The second-order valence-corrected chi connectivity index (χ2v) is 6.64. The molecule has 0 spiro atoms. The zero-order valence-corrected chi connectivity index (χ0v) is 13.4. The molecule has 2 heterocycles. The van der Waals surface area contributed by atoms with Crippen LogP contribution in [0.1, 0.15) is 20.8 Å². The number of hydrogen-bond donors (Lipinski definition) is 2. The van der Waals surface area contributed by atoms with Crippen LogP contribution in [0.4, 0.5) is 0 Å². The predicted octanol–water partition coefficient (Wildman–Crippen LogP) is 2.77. The number of carbonyl (C=O) groups excluding carboxylic acids is 1. The normalized spacial score (nSPS) is 11.8. The summed E-state index contributed by atoms with van der Waals surface area (Å²) in [5.41, 5.74) is 1.22. The minimum atomic E-state index is -0.262. The molecule has 1 amide bonds. The Balaban J connectivity index is 2.33. The van der Waals surface area contributed by atoms with Crippen molar-refractivity contribution in [2.24, 2.45) is 0 Å². The second kappa shape index (κ2) is 5.05. The number of nitrogens with one attached hydrogen (secondary N) is 2. The summed E-state index contributed by atoms with van der Waals surface area (Å²) in [6.45, 7) is 5.98. The summed E-state index contributed by atoms with van der Waals surface area (Å²) in [7, 11) is 0. The second-order valence-electron chi connectivity index (χ2n) is 5.34. The first-order valence-electron chi connectivity index (χ1n) is 5.81. The monoisotopic (exact) mass is 342 g/mol. The number of aromatic amines is 1. The highest BCUT2D eigenvalue weighted by Gasteiger charge is 2.16. The van der Waals surface area contributed by atoms with Gasteiger partial charge in [0.15, 0.2) is 10.4 Å². The Morgan fingerprint density at radius 3 is 2.89 bits per heavy atom. The van der Waals surface area contributed by atoms with Crippen LogP contribution in [0.5, 0.6) is 0 Å². The number of imidazole rings is 1. The molecule has 2 rings (SSSR count). The Morgan fingerprint density at radius 2 is 2.26 bits per heavy atom. The third-order valence-corrected chi connectivity index (χ3v) is 3.15. The van der Waals surface area contributed by atoms with Crippen LogP contribution in [0, 0.1) is 4.77 Å². The first-order valence-corrected chi connectivity index (χ1v) is 7.01. The van der Waals surface area contributed by atoms with Crippen LogP contribution in [-0.4, -0.2) is 26.0 Å². The van der Waals surface area contributed by atoms with Gasteiger partial charge in [-0.15, -0.1) is 0 Å². The zero-order valence-electron chi connectivity index (χ0n) is 11.0. The van der Waals surface area contributed by atoms with Crippen LogP contribution < -0.4 is 5.32 Å². The summed E-state index contributed by atoms with van der Waals surface area (Å²) in [6.07, 6.45) is 1.68. The van der Waals surface area contributed by atoms with Crippen molar-refractivity contribution in [3.05, 3.63) is 21.5 Å². The smallest absolute Gasteiger partial charge is 0.240 e. The Kier molecular flexibility index (Phi) is 3.78. The van der Waals surface area contributed by atoms with Crippen molar-refractivity contribution in [2.45, 2.75) is 32.9 Å². The van der Waals surface area contributed by atoms with E-state index in [1.165, 1.54) is 0 Å². The molecule has 0 unspecified atom stereocenters. The van der Waals surface area contributed by atoms with Gasteiger partial charge in [-0.25, -0.2) is 4.98 Å². The predicted molar refractivity (Wildman–Crippen MR) is 80.5 cm³/mol. The van der Waals surface area contributed by atoms with Gasteiger partial charge in [0.25, 0.3) is 0 Å². The largest absolute Gasteiger partial charge is 0.350 e. The number of carbonyl (C=O) groups is 1. The Labute approximate surface area is 124 Å². The lowest BCUT2D eigenvalue weighted by Gasteiger charge is -2.20. The van der Waals surface area contributed by atoms with Gasteiger partial charge in [-0.1, -0.05) is 0 Å². The average Bonchev–Trinajstić information content (AvgIpc) is 2.51. The summed E-state index contributed by atoms with van der Waals surface area (Å²) >= 11 is 8.58. The van der Waals surface area contributed by atoms with Gasteiger partial charge in [-0.3, -0.25) is 9.36 Å². The van der Waals surface area contributed by atoms with E-state index >= 15 is 0 Å². The number of amides is 1. The molecule has 2 aromatic rings. The Hall–Kier alpha value is -1.21. The van der Waals surface area contributed by atoms with Gasteiger partial charge < -0.3 is 10.3 Å². The van der Waals surface area contributed by atoms with Crippen molar-refractivity contribution in [3.63, 3.8) is 0 Å². The third-order valence-electron chi connectivity index (χ3n) is 2.39. The van der Waals surface area contributed by atoms with E-state index in [4.69, 9.17) is 12.2 Å². The zero-order chi connectivity index (χ0) is 14.2. The van der Waals surface area contributed by atoms with Crippen molar-refractivity contribution in [1.29, 1.82) is 0 Å². The summed E-state index contributed by atoms with van der Waals surface area (Å²) < 4.78 is 3.05. The molecule has 0 aliphatic heterocycles. The first-order chi connectivity index (χ1) is 8.76. The van der Waals surface area contributed by atoms with E-state index in [-0.39, 0.29) is 18.0 Å². The lowest BCUT2D eigenvalue weighted by molar-refractivity contribution is -0.123. The number of halogens is 1. The van der Waals surface area contributed by atoms with Crippen LogP contribution in [-0.2, 0) is 11.3 Å². The quantitative estimate of drug-likeness (QED) is 0.825. The van der Waals surface area contributed by atoms with Gasteiger partial charge in [0.05, 0.1) is 5.52 Å². The lowest BCUT2D eigenvalue weighted by Crippen LogP contribution is -2.42. The van der Waals surface area contributed by atoms with Crippen LogP contribution >= 0.6 is 28.1 Å². The molecule has 2 N–H and O–H groups in total. The number of hydrogen-bond acceptors (Lipinski definition) is 3. The van der Waals surface area contributed by atoms with Crippen LogP contribution in [0.2, 0.25) is 0 Å². The lowest BCUT2D eigenvalue weighted by atomic mass is 10.1. The van der Waals surface area contributed by atoms with Crippen molar-refractivity contribution in [2.75, 3.05) is 0 Å². The fraction of sp³-hybridized carbons (Fsp3) is 0.417. The average molecular weight is 343 g/mol. The van der Waals surface area contributed by atoms with Gasteiger partial charge in [0.1, 0.15) is 6.54 Å². The molecule has 5 nitrogen and oxygen atoms in total. The molecule has 102 valence electrons. The van der Waals surface area contributed by atoms with E-state index in [0.29, 0.717) is 10.4 Å². The molecular weight excluding hydrogens is 328 g/mol. The third kappa shape index (κ3) is 3.42. The highest BCUT2D eigenvalue weighted by molar-refractivity contribution is 9.10. The number of H-pyrrole nitrogens is 1. The Morgan fingerprint density at radius 1 is 1.58 bits per heavy atom. The summed E-state index contributed by atoms with van der Waals surface area (Å²) in [4.78, 5) is 19.3. The van der Waals surface area contributed by atoms with Gasteiger partial charge >= 0.3 is 0 Å². The molecule has 2 aromatic heterocycles. The summed E-state index contributed by atoms with van der Waals surface area (Å²) in [5.74, 6) is -0.0887. The Bertz CT molecular complexity index is 683. The standard InChI is InChI=1S/C12H15BrN4OS/c1-12(2,3)16-9(18)6-17-10-8(15-11(17)19)4-7(13)5-14-10/h4-5H,6H2,1-3H3,(H,15,19)(H,16,18). The number of nitrogens with zero attached hydrogens (tertiary/aromatic N) is 2. The van der Waals surface area contributed by atoms with E-state index in [1.54, 1.807) is 10.8 Å². The molecule has 0 aromatic carbocycles. The maximum atomic E-state index is 12.0. The maximum absolute atomic E-state index is 12.0. The van der Waals surface area contributed by atoms with E-state index in [9.17, 15) is 4.79 Å². The fourth-order valence-corrected chi connectivity index (χ4v) is 2.36. The molecule has 0 radical (unpaired) electrons. The molecule has 19 heavy (non-hydrogen) atoms. The van der Waals surface area contributed by atoms with E-state index < -0.39 is 0 Å². The molecule has 0 bridgehead atoms. The van der Waals surface area contributed by atoms with Crippen molar-refractivity contribution >= 4 is 45.2 Å². The van der Waals surface area contributed by atoms with Gasteiger partial charge in [-0.2, -0.15) is 0 Å². The molecule has 0 saturated heterocycles. The van der Waals surface area contributed by atoms with E-state index in [1.807, 2.05) is 26.8 Å². The van der Waals surface area contributed by atoms with Gasteiger partial charge in [-0.05, 0) is 55.0 Å². The molecule has 0 fully saturated rings. The summed E-state index contributed by atoms with van der Waals surface area (Å²) in [5, 5.41) is 2.90. The first kappa shape index (κ1) is 14.2. The topological polar surface area (TPSA) is 62.7 Å². The fourth-order valence-electron chi connectivity index (χ4n) is 1.77. The number of aromatic nitrogens is 3. The van der Waals surface area contributed by atoms with Gasteiger partial charge in [0.2, 0.25) is 5.91 Å². The number of fused-ring (bicyclic) bond motifs is 1. The van der Waals surface area contributed by atoms with Crippen molar-refractivity contribution < 1.29 is 4.79 Å². The highest BCUT2D eigenvalue weighted by Crippen LogP contribution is 2.16. The molecule has 7 heteroatoms.